The maximum absolute atomic E-state index is 12.3. The molecule has 0 aliphatic carbocycles. The first kappa shape index (κ1) is 17.4. The minimum absolute atomic E-state index is 0.100. The molecule has 1 fully saturated rings. The number of aromatic nitrogens is 1. The van der Waals surface area contributed by atoms with Gasteiger partial charge in [-0.25, -0.2) is 0 Å². The number of aryl methyl sites for hydroxylation is 1. The smallest absolute Gasteiger partial charge is 0.251 e. The Morgan fingerprint density at radius 3 is 2.72 bits per heavy atom. The highest BCUT2D eigenvalue weighted by atomic mass is 16.5. The summed E-state index contributed by atoms with van der Waals surface area (Å²) < 4.78 is 0.686. The average molecular weight is 339 g/mol. The van der Waals surface area contributed by atoms with E-state index in [-0.39, 0.29) is 11.9 Å². The molecule has 1 atom stereocenters. The van der Waals surface area contributed by atoms with E-state index in [2.05, 4.69) is 34.5 Å². The van der Waals surface area contributed by atoms with Crippen LogP contribution in [0, 0.1) is 5.21 Å². The van der Waals surface area contributed by atoms with Gasteiger partial charge in [0.2, 0.25) is 0 Å². The summed E-state index contributed by atoms with van der Waals surface area (Å²) in [6.07, 6.45) is 7.04. The quantitative estimate of drug-likeness (QED) is 0.648. The molecule has 1 saturated heterocycles. The normalized spacial score (nSPS) is 18.0. The Morgan fingerprint density at radius 1 is 1.20 bits per heavy atom. The lowest BCUT2D eigenvalue weighted by Crippen LogP contribution is -2.48. The molecule has 1 N–H and O–H groups in total. The summed E-state index contributed by atoms with van der Waals surface area (Å²) in [4.78, 5) is 14.7. The van der Waals surface area contributed by atoms with E-state index in [4.69, 9.17) is 0 Å². The SMILES string of the molecule is O=C(N[C@@H]1CCCN(CCCc2ccccc2)C1)c1cc[n+]([O-])cc1. The molecule has 2 aromatic rings. The minimum atomic E-state index is -0.100. The van der Waals surface area contributed by atoms with E-state index in [1.54, 1.807) is 12.1 Å². The topological polar surface area (TPSA) is 59.3 Å². The third-order valence-corrected chi connectivity index (χ3v) is 4.69. The number of nitrogens with zero attached hydrogens (tertiary/aromatic N) is 2. The molecule has 1 amide bonds. The summed E-state index contributed by atoms with van der Waals surface area (Å²) in [6, 6.07) is 13.8. The molecule has 0 unspecified atom stereocenters. The Kier molecular flexibility index (Phi) is 6.01. The number of pyridine rings is 1. The fourth-order valence-corrected chi connectivity index (χ4v) is 3.36. The van der Waals surface area contributed by atoms with Gasteiger partial charge < -0.3 is 15.4 Å². The van der Waals surface area contributed by atoms with Gasteiger partial charge in [-0.3, -0.25) is 4.79 Å². The maximum atomic E-state index is 12.3. The Bertz CT molecular complexity index is 673. The largest absolute Gasteiger partial charge is 0.619 e. The number of carbonyl (C=O) groups excluding carboxylic acids is 1. The van der Waals surface area contributed by atoms with E-state index >= 15 is 0 Å². The van der Waals surface area contributed by atoms with Gasteiger partial charge in [-0.2, -0.15) is 4.73 Å². The number of hydrogen-bond donors (Lipinski definition) is 1. The highest BCUT2D eigenvalue weighted by Crippen LogP contribution is 2.12. The Hall–Kier alpha value is -2.40. The monoisotopic (exact) mass is 339 g/mol. The van der Waals surface area contributed by atoms with Crippen molar-refractivity contribution < 1.29 is 9.52 Å². The van der Waals surface area contributed by atoms with Crippen LogP contribution in [0.5, 0.6) is 0 Å². The van der Waals surface area contributed by atoms with Crippen molar-refractivity contribution in [3.05, 3.63) is 71.2 Å². The van der Waals surface area contributed by atoms with Crippen molar-refractivity contribution in [1.29, 1.82) is 0 Å². The van der Waals surface area contributed by atoms with E-state index in [0.717, 1.165) is 45.3 Å². The van der Waals surface area contributed by atoms with Crippen LogP contribution >= 0.6 is 0 Å². The van der Waals surface area contributed by atoms with Gasteiger partial charge in [-0.1, -0.05) is 30.3 Å². The van der Waals surface area contributed by atoms with Crippen LogP contribution in [0.3, 0.4) is 0 Å². The van der Waals surface area contributed by atoms with Crippen LogP contribution in [-0.4, -0.2) is 36.5 Å². The zero-order chi connectivity index (χ0) is 17.5. The van der Waals surface area contributed by atoms with Crippen LogP contribution < -0.4 is 10.0 Å². The molecule has 0 radical (unpaired) electrons. The fourth-order valence-electron chi connectivity index (χ4n) is 3.36. The molecule has 0 spiro atoms. The molecular weight excluding hydrogens is 314 g/mol. The number of nitrogens with one attached hydrogen (secondary N) is 1. The zero-order valence-corrected chi connectivity index (χ0v) is 14.4. The predicted octanol–water partition coefficient (Wildman–Crippen LogP) is 2.15. The molecule has 0 bridgehead atoms. The van der Waals surface area contributed by atoms with Gasteiger partial charge >= 0.3 is 0 Å². The molecule has 1 aliphatic rings. The number of carbonyl (C=O) groups is 1. The number of rotatable bonds is 6. The van der Waals surface area contributed by atoms with Crippen molar-refractivity contribution in [1.82, 2.24) is 10.2 Å². The van der Waals surface area contributed by atoms with Crippen molar-refractivity contribution in [3.63, 3.8) is 0 Å². The number of benzene rings is 1. The highest BCUT2D eigenvalue weighted by molar-refractivity contribution is 5.94. The van der Waals surface area contributed by atoms with Gasteiger partial charge in [0.1, 0.15) is 0 Å². The summed E-state index contributed by atoms with van der Waals surface area (Å²) in [7, 11) is 0. The van der Waals surface area contributed by atoms with Crippen molar-refractivity contribution >= 4 is 5.91 Å². The molecule has 25 heavy (non-hydrogen) atoms. The van der Waals surface area contributed by atoms with Crippen molar-refractivity contribution in [2.75, 3.05) is 19.6 Å². The summed E-state index contributed by atoms with van der Waals surface area (Å²) in [5.74, 6) is -0.100. The fraction of sp³-hybridized carbons (Fsp3) is 0.400. The lowest BCUT2D eigenvalue weighted by Gasteiger charge is -2.33. The second kappa shape index (κ2) is 8.62. The third kappa shape index (κ3) is 5.29. The third-order valence-electron chi connectivity index (χ3n) is 4.69. The second-order valence-electron chi connectivity index (χ2n) is 6.65. The molecule has 5 nitrogen and oxygen atoms in total. The Morgan fingerprint density at radius 2 is 1.96 bits per heavy atom. The summed E-state index contributed by atoms with van der Waals surface area (Å²) in [6.45, 7) is 3.06. The molecular formula is C20H25N3O2. The molecule has 1 aliphatic heterocycles. The highest BCUT2D eigenvalue weighted by Gasteiger charge is 2.21. The van der Waals surface area contributed by atoms with Gasteiger partial charge in [0, 0.05) is 24.7 Å². The number of likely N-dealkylation sites (tertiary alicyclic amines) is 1. The van der Waals surface area contributed by atoms with Gasteiger partial charge in [-0.05, 0) is 44.3 Å². The maximum Gasteiger partial charge on any atom is 0.251 e. The molecule has 5 heteroatoms. The Labute approximate surface area is 148 Å². The van der Waals surface area contributed by atoms with E-state index in [1.165, 1.54) is 18.0 Å². The summed E-state index contributed by atoms with van der Waals surface area (Å²) >= 11 is 0. The van der Waals surface area contributed by atoms with Gasteiger partial charge in [-0.15, -0.1) is 0 Å². The van der Waals surface area contributed by atoms with Crippen LogP contribution in [0.15, 0.2) is 54.9 Å². The lowest BCUT2D eigenvalue weighted by molar-refractivity contribution is -0.605. The van der Waals surface area contributed by atoms with Crippen molar-refractivity contribution in [2.45, 2.75) is 31.7 Å². The molecule has 1 aromatic carbocycles. The Balaban J connectivity index is 1.44. The van der Waals surface area contributed by atoms with Gasteiger partial charge in [0.25, 0.3) is 5.91 Å². The van der Waals surface area contributed by atoms with Crippen molar-refractivity contribution in [3.8, 4) is 0 Å². The van der Waals surface area contributed by atoms with Crippen LogP contribution in [0.4, 0.5) is 0 Å². The van der Waals surface area contributed by atoms with E-state index in [1.807, 2.05) is 6.07 Å². The number of amides is 1. The molecule has 2 heterocycles. The van der Waals surface area contributed by atoms with Crippen LogP contribution in [-0.2, 0) is 6.42 Å². The minimum Gasteiger partial charge on any atom is -0.619 e. The van der Waals surface area contributed by atoms with Crippen molar-refractivity contribution in [2.24, 2.45) is 0 Å². The van der Waals surface area contributed by atoms with E-state index < -0.39 is 0 Å². The van der Waals surface area contributed by atoms with Gasteiger partial charge in [0.05, 0.1) is 5.56 Å². The van der Waals surface area contributed by atoms with E-state index in [9.17, 15) is 10.0 Å². The van der Waals surface area contributed by atoms with Crippen LogP contribution in [0.2, 0.25) is 0 Å². The van der Waals surface area contributed by atoms with Crippen LogP contribution in [0.25, 0.3) is 0 Å². The second-order valence-corrected chi connectivity index (χ2v) is 6.65. The standard InChI is InChI=1S/C20H25N3O2/c24-20(18-10-14-23(25)15-11-18)21-19-9-5-13-22(16-19)12-4-8-17-6-2-1-3-7-17/h1-3,6-7,10-11,14-15,19H,4-5,8-9,12-13,16H2,(H,21,24)/t19-/m1/s1. The average Bonchev–Trinajstić information content (AvgIpc) is 2.63. The summed E-state index contributed by atoms with van der Waals surface area (Å²) in [5, 5.41) is 14.2. The van der Waals surface area contributed by atoms with Gasteiger partial charge in [0.15, 0.2) is 12.4 Å². The van der Waals surface area contributed by atoms with Crippen LogP contribution in [0.1, 0.15) is 35.2 Å². The zero-order valence-electron chi connectivity index (χ0n) is 14.4. The predicted molar refractivity (Wildman–Crippen MR) is 97.1 cm³/mol. The number of hydrogen-bond acceptors (Lipinski definition) is 3. The first-order chi connectivity index (χ1) is 12.2. The van der Waals surface area contributed by atoms with E-state index in [0.29, 0.717) is 10.3 Å². The lowest BCUT2D eigenvalue weighted by atomic mass is 10.0. The number of piperidine rings is 1. The molecule has 132 valence electrons. The first-order valence-electron chi connectivity index (χ1n) is 8.97. The molecule has 0 saturated carbocycles. The molecule has 3 rings (SSSR count). The first-order valence-corrected chi connectivity index (χ1v) is 8.97. The molecule has 1 aromatic heterocycles. The summed E-state index contributed by atoms with van der Waals surface area (Å²) in [5.41, 5.74) is 1.91.